The molecular formula is C19H22ClN3O2. The third-order valence-electron chi connectivity index (χ3n) is 4.31. The Morgan fingerprint density at radius 3 is 2.96 bits per heavy atom. The summed E-state index contributed by atoms with van der Waals surface area (Å²) in [6, 6.07) is 15.2. The Bertz CT molecular complexity index is 738. The van der Waals surface area contributed by atoms with E-state index in [4.69, 9.17) is 16.3 Å². The molecule has 1 unspecified atom stereocenters. The van der Waals surface area contributed by atoms with Crippen LogP contribution in [0.3, 0.4) is 0 Å². The van der Waals surface area contributed by atoms with Crippen molar-refractivity contribution in [2.45, 2.75) is 6.04 Å². The van der Waals surface area contributed by atoms with Gasteiger partial charge in [0.05, 0.1) is 19.7 Å². The quantitative estimate of drug-likeness (QED) is 0.861. The molecule has 0 aromatic heterocycles. The van der Waals surface area contributed by atoms with E-state index in [1.165, 1.54) is 0 Å². The number of para-hydroxylation sites is 1. The highest BCUT2D eigenvalue weighted by Crippen LogP contribution is 2.30. The summed E-state index contributed by atoms with van der Waals surface area (Å²) < 4.78 is 5.49. The molecule has 1 amide bonds. The Hall–Kier alpha value is -2.08. The van der Waals surface area contributed by atoms with Crippen LogP contribution in [0.15, 0.2) is 48.5 Å². The molecule has 0 radical (unpaired) electrons. The normalized spacial score (nSPS) is 17.9. The third-order valence-corrected chi connectivity index (χ3v) is 4.54. The van der Waals surface area contributed by atoms with E-state index in [0.29, 0.717) is 17.3 Å². The molecule has 0 saturated carbocycles. The van der Waals surface area contributed by atoms with Gasteiger partial charge in [0.2, 0.25) is 5.91 Å². The maximum atomic E-state index is 12.5. The van der Waals surface area contributed by atoms with E-state index in [9.17, 15) is 4.79 Å². The highest BCUT2D eigenvalue weighted by Gasteiger charge is 2.27. The van der Waals surface area contributed by atoms with Crippen molar-refractivity contribution < 1.29 is 9.53 Å². The number of hydrogen-bond acceptors (Lipinski definition) is 4. The van der Waals surface area contributed by atoms with Gasteiger partial charge in [-0.2, -0.15) is 0 Å². The summed E-state index contributed by atoms with van der Waals surface area (Å²) >= 11 is 5.97. The van der Waals surface area contributed by atoms with Crippen molar-refractivity contribution in [2.75, 3.05) is 38.6 Å². The average Bonchev–Trinajstić information content (AvgIpc) is 2.62. The van der Waals surface area contributed by atoms with E-state index >= 15 is 0 Å². The Morgan fingerprint density at radius 1 is 1.32 bits per heavy atom. The molecule has 25 heavy (non-hydrogen) atoms. The molecule has 2 aromatic carbocycles. The zero-order valence-electron chi connectivity index (χ0n) is 14.2. The first-order valence-electron chi connectivity index (χ1n) is 8.30. The lowest BCUT2D eigenvalue weighted by atomic mass is 10.0. The van der Waals surface area contributed by atoms with Crippen LogP contribution in [-0.4, -0.2) is 44.1 Å². The number of carbonyl (C=O) groups is 1. The predicted molar refractivity (Wildman–Crippen MR) is 100 cm³/mol. The van der Waals surface area contributed by atoms with Crippen molar-refractivity contribution in [2.24, 2.45) is 0 Å². The van der Waals surface area contributed by atoms with Gasteiger partial charge in [-0.1, -0.05) is 35.9 Å². The molecule has 1 atom stereocenters. The van der Waals surface area contributed by atoms with E-state index in [0.717, 1.165) is 30.9 Å². The fraction of sp³-hybridized carbons (Fsp3) is 0.316. The molecule has 1 aliphatic rings. The summed E-state index contributed by atoms with van der Waals surface area (Å²) in [6.45, 7) is 2.75. The minimum atomic E-state index is -0.0518. The summed E-state index contributed by atoms with van der Waals surface area (Å²) in [5.74, 6) is 0.792. The van der Waals surface area contributed by atoms with Gasteiger partial charge in [-0.25, -0.2) is 0 Å². The number of piperazine rings is 1. The zero-order valence-corrected chi connectivity index (χ0v) is 14.9. The Balaban J connectivity index is 1.71. The molecule has 132 valence electrons. The fourth-order valence-electron chi connectivity index (χ4n) is 3.14. The smallest absolute Gasteiger partial charge is 0.238 e. The lowest BCUT2D eigenvalue weighted by Gasteiger charge is -2.36. The first-order chi connectivity index (χ1) is 12.2. The van der Waals surface area contributed by atoms with Crippen molar-refractivity contribution in [3.05, 3.63) is 59.1 Å². The molecule has 3 rings (SSSR count). The van der Waals surface area contributed by atoms with Crippen molar-refractivity contribution in [1.82, 2.24) is 10.2 Å². The SMILES string of the molecule is COc1ccccc1C1CNCCN1CC(=O)Nc1cccc(Cl)c1. The van der Waals surface area contributed by atoms with Crippen LogP contribution < -0.4 is 15.4 Å². The van der Waals surface area contributed by atoms with E-state index in [-0.39, 0.29) is 11.9 Å². The minimum Gasteiger partial charge on any atom is -0.496 e. The van der Waals surface area contributed by atoms with Gasteiger partial charge in [-0.15, -0.1) is 0 Å². The van der Waals surface area contributed by atoms with Crippen LogP contribution in [0.1, 0.15) is 11.6 Å². The van der Waals surface area contributed by atoms with Crippen LogP contribution in [0.25, 0.3) is 0 Å². The van der Waals surface area contributed by atoms with Crippen LogP contribution in [0.4, 0.5) is 5.69 Å². The maximum Gasteiger partial charge on any atom is 0.238 e. The topological polar surface area (TPSA) is 53.6 Å². The van der Waals surface area contributed by atoms with Gasteiger partial charge in [-0.05, 0) is 24.3 Å². The van der Waals surface area contributed by atoms with Gasteiger partial charge >= 0.3 is 0 Å². The van der Waals surface area contributed by atoms with E-state index in [1.54, 1.807) is 19.2 Å². The van der Waals surface area contributed by atoms with Gasteiger partial charge in [0.15, 0.2) is 0 Å². The Labute approximate surface area is 152 Å². The zero-order chi connectivity index (χ0) is 17.6. The molecular weight excluding hydrogens is 338 g/mol. The number of rotatable bonds is 5. The Kier molecular flexibility index (Phi) is 5.91. The third kappa shape index (κ3) is 4.51. The van der Waals surface area contributed by atoms with Crippen molar-refractivity contribution in [3.8, 4) is 5.75 Å². The second kappa shape index (κ2) is 8.34. The Morgan fingerprint density at radius 2 is 2.16 bits per heavy atom. The summed E-state index contributed by atoms with van der Waals surface area (Å²) in [5, 5.41) is 6.92. The van der Waals surface area contributed by atoms with Crippen molar-refractivity contribution in [3.63, 3.8) is 0 Å². The fourth-order valence-corrected chi connectivity index (χ4v) is 3.33. The maximum absolute atomic E-state index is 12.5. The number of nitrogens with zero attached hydrogens (tertiary/aromatic N) is 1. The highest BCUT2D eigenvalue weighted by atomic mass is 35.5. The molecule has 1 saturated heterocycles. The van der Waals surface area contributed by atoms with Crippen molar-refractivity contribution >= 4 is 23.2 Å². The van der Waals surface area contributed by atoms with Crippen LogP contribution in [-0.2, 0) is 4.79 Å². The van der Waals surface area contributed by atoms with Gasteiger partial charge in [0.1, 0.15) is 5.75 Å². The van der Waals surface area contributed by atoms with Crippen LogP contribution in [0.5, 0.6) is 5.75 Å². The van der Waals surface area contributed by atoms with Gasteiger partial charge in [0, 0.05) is 35.9 Å². The monoisotopic (exact) mass is 359 g/mol. The van der Waals surface area contributed by atoms with Gasteiger partial charge in [-0.3, -0.25) is 9.69 Å². The molecule has 0 bridgehead atoms. The van der Waals surface area contributed by atoms with E-state index in [2.05, 4.69) is 21.6 Å². The number of halogens is 1. The second-order valence-electron chi connectivity index (χ2n) is 5.99. The molecule has 2 N–H and O–H groups in total. The first kappa shape index (κ1) is 17.7. The number of hydrogen-bond donors (Lipinski definition) is 2. The standard InChI is InChI=1S/C19H22ClN3O2/c1-25-18-8-3-2-7-16(18)17-12-21-9-10-23(17)13-19(24)22-15-6-4-5-14(20)11-15/h2-8,11,17,21H,9-10,12-13H2,1H3,(H,22,24). The van der Waals surface area contributed by atoms with Gasteiger partial charge < -0.3 is 15.4 Å². The lowest BCUT2D eigenvalue weighted by Crippen LogP contribution is -2.48. The largest absolute Gasteiger partial charge is 0.496 e. The first-order valence-corrected chi connectivity index (χ1v) is 8.68. The number of ether oxygens (including phenoxy) is 1. The summed E-state index contributed by atoms with van der Waals surface area (Å²) in [5.41, 5.74) is 1.80. The number of anilines is 1. The molecule has 1 fully saturated rings. The lowest BCUT2D eigenvalue weighted by molar-refractivity contribution is -0.118. The molecule has 2 aromatic rings. The van der Waals surface area contributed by atoms with Crippen molar-refractivity contribution in [1.29, 1.82) is 0 Å². The second-order valence-corrected chi connectivity index (χ2v) is 6.43. The van der Waals surface area contributed by atoms with Gasteiger partial charge in [0.25, 0.3) is 0 Å². The average molecular weight is 360 g/mol. The minimum absolute atomic E-state index is 0.0518. The number of nitrogens with one attached hydrogen (secondary N) is 2. The molecule has 6 heteroatoms. The molecule has 0 aliphatic carbocycles. The van der Waals surface area contributed by atoms with E-state index < -0.39 is 0 Å². The summed E-state index contributed by atoms with van der Waals surface area (Å²) in [6.07, 6.45) is 0. The number of amides is 1. The predicted octanol–water partition coefficient (Wildman–Crippen LogP) is 2.93. The highest BCUT2D eigenvalue weighted by molar-refractivity contribution is 6.30. The number of methoxy groups -OCH3 is 1. The number of benzene rings is 2. The van der Waals surface area contributed by atoms with Crippen LogP contribution >= 0.6 is 11.6 Å². The van der Waals surface area contributed by atoms with Crippen LogP contribution in [0, 0.1) is 0 Å². The summed E-state index contributed by atoms with van der Waals surface area (Å²) in [4.78, 5) is 14.7. The van der Waals surface area contributed by atoms with Crippen LogP contribution in [0.2, 0.25) is 5.02 Å². The molecule has 5 nitrogen and oxygen atoms in total. The molecule has 1 aliphatic heterocycles. The molecule has 1 heterocycles. The summed E-state index contributed by atoms with van der Waals surface area (Å²) in [7, 11) is 1.67. The number of carbonyl (C=O) groups excluding carboxylic acids is 1. The molecule has 0 spiro atoms. The van der Waals surface area contributed by atoms with E-state index in [1.807, 2.05) is 30.3 Å².